The van der Waals surface area contributed by atoms with Crippen LogP contribution in [0, 0.1) is 10.1 Å². The van der Waals surface area contributed by atoms with Gasteiger partial charge >= 0.3 is 5.69 Å². The second-order valence-corrected chi connectivity index (χ2v) is 6.58. The second-order valence-electron chi connectivity index (χ2n) is 5.73. The molecule has 7 nitrogen and oxygen atoms in total. The molecule has 0 heterocycles. The summed E-state index contributed by atoms with van der Waals surface area (Å²) in [6.45, 7) is 0. The van der Waals surface area contributed by atoms with E-state index >= 15 is 0 Å². The topological polar surface area (TPSA) is 105 Å². The largest absolute Gasteiger partial charge is 0.502 e. The minimum absolute atomic E-state index is 0.140. The van der Waals surface area contributed by atoms with E-state index in [9.17, 15) is 20.0 Å². The lowest BCUT2D eigenvalue weighted by Crippen LogP contribution is -2.19. The number of nitro benzene ring substituents is 1. The van der Waals surface area contributed by atoms with E-state index in [1.165, 1.54) is 24.4 Å². The van der Waals surface area contributed by atoms with Crippen LogP contribution >= 0.6 is 15.9 Å². The molecule has 0 aliphatic heterocycles. The van der Waals surface area contributed by atoms with Crippen LogP contribution in [0.4, 0.5) is 5.69 Å². The highest BCUT2D eigenvalue weighted by molar-refractivity contribution is 9.10. The van der Waals surface area contributed by atoms with Gasteiger partial charge in [-0.2, -0.15) is 5.10 Å². The van der Waals surface area contributed by atoms with Crippen molar-refractivity contribution in [2.24, 2.45) is 5.10 Å². The molecule has 136 valence electrons. The SMILES string of the molecule is O=C(Cc1ccc(Br)c2ccccc12)N/N=C\c1ccc(O)c([N+](=O)[O-])c1. The lowest BCUT2D eigenvalue weighted by Gasteiger charge is -2.07. The third-order valence-corrected chi connectivity index (χ3v) is 4.60. The zero-order valence-corrected chi connectivity index (χ0v) is 15.5. The number of rotatable bonds is 5. The number of hydrogen-bond acceptors (Lipinski definition) is 5. The zero-order chi connectivity index (χ0) is 19.4. The summed E-state index contributed by atoms with van der Waals surface area (Å²) in [5, 5.41) is 26.1. The van der Waals surface area contributed by atoms with E-state index in [1.807, 2.05) is 36.4 Å². The maximum Gasteiger partial charge on any atom is 0.311 e. The molecule has 0 fully saturated rings. The standard InChI is InChI=1S/C19H14BrN3O4/c20-16-7-6-13(14-3-1-2-4-15(14)16)10-19(25)22-21-11-12-5-8-18(24)17(9-12)23(26)27/h1-9,11,24H,10H2,(H,22,25)/b21-11-. The molecule has 27 heavy (non-hydrogen) atoms. The first kappa shape index (κ1) is 18.5. The van der Waals surface area contributed by atoms with Crippen molar-refractivity contribution in [2.45, 2.75) is 6.42 Å². The molecule has 0 radical (unpaired) electrons. The number of halogens is 1. The summed E-state index contributed by atoms with van der Waals surface area (Å²) >= 11 is 3.50. The van der Waals surface area contributed by atoms with Gasteiger partial charge in [-0.15, -0.1) is 0 Å². The van der Waals surface area contributed by atoms with Crippen molar-refractivity contribution in [3.8, 4) is 5.75 Å². The highest BCUT2D eigenvalue weighted by Gasteiger charge is 2.13. The number of amides is 1. The maximum absolute atomic E-state index is 12.2. The van der Waals surface area contributed by atoms with E-state index in [1.54, 1.807) is 0 Å². The third-order valence-electron chi connectivity index (χ3n) is 3.91. The molecule has 0 atom stereocenters. The molecule has 1 amide bonds. The number of carbonyl (C=O) groups excluding carboxylic acids is 1. The first-order chi connectivity index (χ1) is 13.0. The minimum atomic E-state index is -0.691. The summed E-state index contributed by atoms with van der Waals surface area (Å²) in [5.41, 5.74) is 3.23. The summed E-state index contributed by atoms with van der Waals surface area (Å²) in [5.74, 6) is -0.740. The number of benzene rings is 3. The Hall–Kier alpha value is -3.26. The van der Waals surface area contributed by atoms with Gasteiger partial charge in [-0.25, -0.2) is 5.43 Å². The van der Waals surface area contributed by atoms with E-state index < -0.39 is 16.4 Å². The van der Waals surface area contributed by atoms with Gasteiger partial charge in [-0.05, 0) is 34.5 Å². The summed E-state index contributed by atoms with van der Waals surface area (Å²) in [6, 6.07) is 15.4. The predicted octanol–water partition coefficient (Wildman–Crippen LogP) is 3.91. The Balaban J connectivity index is 1.71. The molecule has 3 aromatic carbocycles. The fourth-order valence-corrected chi connectivity index (χ4v) is 3.12. The minimum Gasteiger partial charge on any atom is -0.502 e. The Labute approximate surface area is 162 Å². The number of phenols is 1. The number of carbonyl (C=O) groups is 1. The normalized spacial score (nSPS) is 11.0. The Morgan fingerprint density at radius 2 is 1.93 bits per heavy atom. The summed E-state index contributed by atoms with van der Waals surface area (Å²) in [7, 11) is 0. The molecule has 0 aliphatic carbocycles. The maximum atomic E-state index is 12.2. The van der Waals surface area contributed by atoms with Crippen molar-refractivity contribution in [1.82, 2.24) is 5.43 Å². The quantitative estimate of drug-likeness (QED) is 0.365. The zero-order valence-electron chi connectivity index (χ0n) is 13.9. The summed E-state index contributed by atoms with van der Waals surface area (Å²) < 4.78 is 0.953. The van der Waals surface area contributed by atoms with Crippen molar-refractivity contribution in [2.75, 3.05) is 0 Å². The summed E-state index contributed by atoms with van der Waals surface area (Å²) in [4.78, 5) is 22.3. The van der Waals surface area contributed by atoms with Gasteiger partial charge in [0, 0.05) is 16.1 Å². The fraction of sp³-hybridized carbons (Fsp3) is 0.0526. The molecular formula is C19H14BrN3O4. The number of hydrazone groups is 1. The van der Waals surface area contributed by atoms with Crippen molar-refractivity contribution >= 4 is 44.5 Å². The fourth-order valence-electron chi connectivity index (χ4n) is 2.64. The highest BCUT2D eigenvalue weighted by Crippen LogP contribution is 2.27. The van der Waals surface area contributed by atoms with Crippen LogP contribution in [0.3, 0.4) is 0 Å². The molecule has 0 unspecified atom stereocenters. The number of fused-ring (bicyclic) bond motifs is 1. The number of phenolic OH excluding ortho intramolecular Hbond substituents is 1. The molecule has 8 heteroatoms. The van der Waals surface area contributed by atoms with Crippen LogP contribution in [0.1, 0.15) is 11.1 Å². The van der Waals surface area contributed by atoms with Crippen LogP contribution in [0.2, 0.25) is 0 Å². The van der Waals surface area contributed by atoms with Crippen LogP contribution in [0.15, 0.2) is 64.2 Å². The van der Waals surface area contributed by atoms with E-state index in [0.29, 0.717) is 5.56 Å². The third kappa shape index (κ3) is 4.29. The Morgan fingerprint density at radius 3 is 2.67 bits per heavy atom. The van der Waals surface area contributed by atoms with Gasteiger partial charge in [0.05, 0.1) is 17.6 Å². The van der Waals surface area contributed by atoms with Crippen molar-refractivity contribution in [3.05, 3.63) is 80.3 Å². The van der Waals surface area contributed by atoms with Crippen molar-refractivity contribution in [3.63, 3.8) is 0 Å². The Morgan fingerprint density at radius 1 is 1.19 bits per heavy atom. The monoisotopic (exact) mass is 427 g/mol. The lowest BCUT2D eigenvalue weighted by molar-refractivity contribution is -0.385. The van der Waals surface area contributed by atoms with E-state index in [0.717, 1.165) is 20.8 Å². The molecule has 3 rings (SSSR count). The van der Waals surface area contributed by atoms with Crippen LogP contribution < -0.4 is 5.43 Å². The molecule has 0 saturated carbocycles. The second kappa shape index (κ2) is 7.96. The average molecular weight is 428 g/mol. The van der Waals surface area contributed by atoms with Gasteiger partial charge in [0.1, 0.15) is 0 Å². The van der Waals surface area contributed by atoms with Crippen LogP contribution in [-0.4, -0.2) is 22.2 Å². The van der Waals surface area contributed by atoms with Gasteiger partial charge in [0.2, 0.25) is 5.91 Å². The molecule has 0 aromatic heterocycles. The molecule has 2 N–H and O–H groups in total. The Kier molecular flexibility index (Phi) is 5.46. The van der Waals surface area contributed by atoms with Crippen LogP contribution in [0.25, 0.3) is 10.8 Å². The van der Waals surface area contributed by atoms with E-state index in [2.05, 4.69) is 26.5 Å². The number of nitrogens with zero attached hydrogens (tertiary/aromatic N) is 2. The lowest BCUT2D eigenvalue weighted by atomic mass is 10.0. The first-order valence-corrected chi connectivity index (χ1v) is 8.70. The predicted molar refractivity (Wildman–Crippen MR) is 106 cm³/mol. The molecule has 0 spiro atoms. The van der Waals surface area contributed by atoms with Gasteiger partial charge < -0.3 is 5.11 Å². The van der Waals surface area contributed by atoms with Gasteiger partial charge in [0.15, 0.2) is 5.75 Å². The van der Waals surface area contributed by atoms with E-state index in [4.69, 9.17) is 0 Å². The van der Waals surface area contributed by atoms with Gasteiger partial charge in [-0.3, -0.25) is 14.9 Å². The number of nitrogens with one attached hydrogen (secondary N) is 1. The van der Waals surface area contributed by atoms with Gasteiger partial charge in [0.25, 0.3) is 0 Å². The van der Waals surface area contributed by atoms with E-state index in [-0.39, 0.29) is 12.3 Å². The molecule has 0 saturated heterocycles. The number of nitro groups is 1. The van der Waals surface area contributed by atoms with Crippen LogP contribution in [-0.2, 0) is 11.2 Å². The number of hydrogen-bond donors (Lipinski definition) is 2. The van der Waals surface area contributed by atoms with Crippen LogP contribution in [0.5, 0.6) is 5.75 Å². The average Bonchev–Trinajstić information content (AvgIpc) is 2.65. The Bertz CT molecular complexity index is 1070. The number of aromatic hydroxyl groups is 1. The smallest absolute Gasteiger partial charge is 0.311 e. The molecule has 0 aliphatic rings. The molecular weight excluding hydrogens is 414 g/mol. The van der Waals surface area contributed by atoms with Crippen molar-refractivity contribution in [1.29, 1.82) is 0 Å². The van der Waals surface area contributed by atoms with Gasteiger partial charge in [-0.1, -0.05) is 46.3 Å². The van der Waals surface area contributed by atoms with Crippen molar-refractivity contribution < 1.29 is 14.8 Å². The molecule has 3 aromatic rings. The summed E-state index contributed by atoms with van der Waals surface area (Å²) in [6.07, 6.45) is 1.42. The highest BCUT2D eigenvalue weighted by atomic mass is 79.9. The molecule has 0 bridgehead atoms. The first-order valence-electron chi connectivity index (χ1n) is 7.91.